The number of ether oxygens (including phenoxy) is 1. The number of benzene rings is 2. The number of aromatic nitrogens is 2. The highest BCUT2D eigenvalue weighted by atomic mass is 35.5. The molecular weight excluding hydrogens is 338 g/mol. The van der Waals surface area contributed by atoms with Crippen LogP contribution in [0.2, 0.25) is 5.02 Å². The Bertz CT molecular complexity index is 881. The summed E-state index contributed by atoms with van der Waals surface area (Å²) in [6, 6.07) is 18.1. The van der Waals surface area contributed by atoms with Crippen LogP contribution in [-0.4, -0.2) is 10.2 Å². The second-order valence-corrected chi connectivity index (χ2v) is 5.96. The minimum atomic E-state index is -0.408. The standard InChI is InChI=1S/C19H18ClN3O2/c20-18-17(11-22-23-19(18)24)21-10-15-7-4-8-16(9-15)13-25-12-14-5-2-1-3-6-14/h1-9,11H,10,12-13H2,(H2,21,23,24). The van der Waals surface area contributed by atoms with Crippen molar-refractivity contribution >= 4 is 17.3 Å². The molecule has 0 radical (unpaired) electrons. The van der Waals surface area contributed by atoms with Crippen LogP contribution >= 0.6 is 11.6 Å². The van der Waals surface area contributed by atoms with Crippen molar-refractivity contribution in [2.45, 2.75) is 19.8 Å². The van der Waals surface area contributed by atoms with Crippen LogP contribution in [0.5, 0.6) is 0 Å². The summed E-state index contributed by atoms with van der Waals surface area (Å²) >= 11 is 5.95. The lowest BCUT2D eigenvalue weighted by atomic mass is 10.1. The first-order chi connectivity index (χ1) is 12.2. The quantitative estimate of drug-likeness (QED) is 0.677. The van der Waals surface area contributed by atoms with E-state index < -0.39 is 5.56 Å². The predicted octanol–water partition coefficient (Wildman–Crippen LogP) is 3.75. The largest absolute Gasteiger partial charge is 0.378 e. The van der Waals surface area contributed by atoms with Crippen molar-refractivity contribution in [3.05, 3.63) is 92.9 Å². The third kappa shape index (κ3) is 4.92. The summed E-state index contributed by atoms with van der Waals surface area (Å²) in [6.07, 6.45) is 1.50. The number of nitrogens with zero attached hydrogens (tertiary/aromatic N) is 1. The molecule has 0 saturated carbocycles. The predicted molar refractivity (Wildman–Crippen MR) is 98.6 cm³/mol. The Morgan fingerprint density at radius 1 is 1.00 bits per heavy atom. The van der Waals surface area contributed by atoms with Crippen LogP contribution in [-0.2, 0) is 24.5 Å². The summed E-state index contributed by atoms with van der Waals surface area (Å²) in [5.74, 6) is 0. The third-order valence-electron chi connectivity index (χ3n) is 3.65. The van der Waals surface area contributed by atoms with Gasteiger partial charge in [0.1, 0.15) is 5.02 Å². The molecule has 2 aromatic carbocycles. The van der Waals surface area contributed by atoms with Gasteiger partial charge in [0.2, 0.25) is 0 Å². The number of anilines is 1. The fourth-order valence-electron chi connectivity index (χ4n) is 2.39. The summed E-state index contributed by atoms with van der Waals surface area (Å²) < 4.78 is 5.76. The molecule has 128 valence electrons. The van der Waals surface area contributed by atoms with Crippen molar-refractivity contribution in [1.82, 2.24) is 10.2 Å². The van der Waals surface area contributed by atoms with E-state index in [4.69, 9.17) is 16.3 Å². The molecule has 2 N–H and O–H groups in total. The molecule has 1 heterocycles. The number of H-pyrrole nitrogens is 1. The average molecular weight is 356 g/mol. The van der Waals surface area contributed by atoms with E-state index in [9.17, 15) is 4.79 Å². The van der Waals surface area contributed by atoms with Crippen LogP contribution in [0.4, 0.5) is 5.69 Å². The monoisotopic (exact) mass is 355 g/mol. The SMILES string of the molecule is O=c1[nH]ncc(NCc2cccc(COCc3ccccc3)c2)c1Cl. The first-order valence-electron chi connectivity index (χ1n) is 7.89. The fraction of sp³-hybridized carbons (Fsp3) is 0.158. The van der Waals surface area contributed by atoms with Gasteiger partial charge in [0.25, 0.3) is 5.56 Å². The second kappa shape index (κ2) is 8.46. The molecule has 6 heteroatoms. The number of halogens is 1. The lowest BCUT2D eigenvalue weighted by Crippen LogP contribution is -2.11. The fourth-order valence-corrected chi connectivity index (χ4v) is 2.55. The molecule has 0 aliphatic carbocycles. The maximum atomic E-state index is 11.4. The number of hydrogen-bond acceptors (Lipinski definition) is 4. The van der Waals surface area contributed by atoms with E-state index in [1.165, 1.54) is 6.20 Å². The Labute approximate surface area is 150 Å². The zero-order valence-corrected chi connectivity index (χ0v) is 14.3. The molecule has 0 amide bonds. The van der Waals surface area contributed by atoms with Gasteiger partial charge in [-0.25, -0.2) is 5.10 Å². The normalized spacial score (nSPS) is 10.6. The zero-order chi connectivity index (χ0) is 17.5. The molecule has 1 aromatic heterocycles. The number of rotatable bonds is 7. The molecule has 0 aliphatic heterocycles. The first kappa shape index (κ1) is 17.2. The Kier molecular flexibility index (Phi) is 5.82. The third-order valence-corrected chi connectivity index (χ3v) is 4.03. The van der Waals surface area contributed by atoms with Crippen molar-refractivity contribution in [2.24, 2.45) is 0 Å². The van der Waals surface area contributed by atoms with Crippen molar-refractivity contribution in [3.8, 4) is 0 Å². The number of hydrogen-bond donors (Lipinski definition) is 2. The number of nitrogens with one attached hydrogen (secondary N) is 2. The summed E-state index contributed by atoms with van der Waals surface area (Å²) in [5.41, 5.74) is 3.41. The van der Waals surface area contributed by atoms with Crippen LogP contribution in [0, 0.1) is 0 Å². The molecule has 3 rings (SSSR count). The van der Waals surface area contributed by atoms with Gasteiger partial charge in [-0.2, -0.15) is 5.10 Å². The van der Waals surface area contributed by atoms with Crippen molar-refractivity contribution in [1.29, 1.82) is 0 Å². The highest BCUT2D eigenvalue weighted by molar-refractivity contribution is 6.32. The number of aromatic amines is 1. The Morgan fingerprint density at radius 2 is 1.72 bits per heavy atom. The molecule has 0 spiro atoms. The second-order valence-electron chi connectivity index (χ2n) is 5.58. The van der Waals surface area contributed by atoms with Crippen LogP contribution < -0.4 is 10.9 Å². The molecule has 0 fully saturated rings. The minimum Gasteiger partial charge on any atom is -0.378 e. The van der Waals surface area contributed by atoms with Crippen LogP contribution in [0.3, 0.4) is 0 Å². The smallest absolute Gasteiger partial charge is 0.285 e. The van der Waals surface area contributed by atoms with E-state index in [0.29, 0.717) is 25.4 Å². The summed E-state index contributed by atoms with van der Waals surface area (Å²) in [4.78, 5) is 11.4. The van der Waals surface area contributed by atoms with Crippen molar-refractivity contribution < 1.29 is 4.74 Å². The van der Waals surface area contributed by atoms with Crippen LogP contribution in [0.1, 0.15) is 16.7 Å². The van der Waals surface area contributed by atoms with Crippen molar-refractivity contribution in [3.63, 3.8) is 0 Å². The average Bonchev–Trinajstić information content (AvgIpc) is 2.64. The van der Waals surface area contributed by atoms with E-state index in [-0.39, 0.29) is 5.02 Å². The molecule has 0 bridgehead atoms. The molecular formula is C19H18ClN3O2. The summed E-state index contributed by atoms with van der Waals surface area (Å²) in [5, 5.41) is 9.26. The zero-order valence-electron chi connectivity index (χ0n) is 13.5. The van der Waals surface area contributed by atoms with E-state index in [2.05, 4.69) is 21.6 Å². The Balaban J connectivity index is 1.56. The molecule has 3 aromatic rings. The Morgan fingerprint density at radius 3 is 2.56 bits per heavy atom. The molecule has 0 atom stereocenters. The maximum absolute atomic E-state index is 11.4. The van der Waals surface area contributed by atoms with Gasteiger partial charge in [-0.1, -0.05) is 66.2 Å². The van der Waals surface area contributed by atoms with Crippen LogP contribution in [0.15, 0.2) is 65.6 Å². The minimum absolute atomic E-state index is 0.109. The van der Waals surface area contributed by atoms with E-state index in [0.717, 1.165) is 16.7 Å². The molecule has 0 aliphatic rings. The van der Waals surface area contributed by atoms with E-state index in [1.807, 2.05) is 48.5 Å². The van der Waals surface area contributed by atoms with Crippen LogP contribution in [0.25, 0.3) is 0 Å². The highest BCUT2D eigenvalue weighted by Crippen LogP contribution is 2.16. The van der Waals surface area contributed by atoms with E-state index >= 15 is 0 Å². The van der Waals surface area contributed by atoms with Gasteiger partial charge in [0.05, 0.1) is 25.1 Å². The van der Waals surface area contributed by atoms with Gasteiger partial charge >= 0.3 is 0 Å². The lowest BCUT2D eigenvalue weighted by Gasteiger charge is -2.09. The van der Waals surface area contributed by atoms with E-state index in [1.54, 1.807) is 0 Å². The summed E-state index contributed by atoms with van der Waals surface area (Å²) in [6.45, 7) is 1.66. The molecule has 0 unspecified atom stereocenters. The highest BCUT2D eigenvalue weighted by Gasteiger charge is 2.05. The first-order valence-corrected chi connectivity index (χ1v) is 8.27. The van der Waals surface area contributed by atoms with Gasteiger partial charge in [0.15, 0.2) is 0 Å². The van der Waals surface area contributed by atoms with Gasteiger partial charge in [-0.05, 0) is 16.7 Å². The van der Waals surface area contributed by atoms with Gasteiger partial charge < -0.3 is 10.1 Å². The van der Waals surface area contributed by atoms with Crippen molar-refractivity contribution in [2.75, 3.05) is 5.32 Å². The maximum Gasteiger partial charge on any atom is 0.285 e. The van der Waals surface area contributed by atoms with Gasteiger partial charge in [-0.15, -0.1) is 0 Å². The Hall–Kier alpha value is -2.63. The topological polar surface area (TPSA) is 67.0 Å². The summed E-state index contributed by atoms with van der Waals surface area (Å²) in [7, 11) is 0. The molecule has 5 nitrogen and oxygen atoms in total. The van der Waals surface area contributed by atoms with Gasteiger partial charge in [-0.3, -0.25) is 4.79 Å². The molecule has 0 saturated heterocycles. The molecule has 25 heavy (non-hydrogen) atoms. The lowest BCUT2D eigenvalue weighted by molar-refractivity contribution is 0.107. The van der Waals surface area contributed by atoms with Gasteiger partial charge in [0, 0.05) is 6.54 Å².